The lowest BCUT2D eigenvalue weighted by Crippen LogP contribution is -2.39. The summed E-state index contributed by atoms with van der Waals surface area (Å²) in [5.74, 6) is 0.288. The summed E-state index contributed by atoms with van der Waals surface area (Å²) >= 11 is 0. The van der Waals surface area contributed by atoms with Crippen LogP contribution in [0.3, 0.4) is 0 Å². The lowest BCUT2D eigenvalue weighted by atomic mass is 9.94. The Morgan fingerprint density at radius 1 is 0.966 bits per heavy atom. The van der Waals surface area contributed by atoms with Gasteiger partial charge in [-0.3, -0.25) is 4.79 Å². The number of aryl methyl sites for hydroxylation is 2. The van der Waals surface area contributed by atoms with Crippen molar-refractivity contribution < 1.29 is 13.2 Å². The first-order valence-corrected chi connectivity index (χ1v) is 11.7. The van der Waals surface area contributed by atoms with Crippen molar-refractivity contribution in [2.24, 2.45) is 5.92 Å². The molecule has 0 saturated carbocycles. The van der Waals surface area contributed by atoms with Crippen LogP contribution in [0.15, 0.2) is 53.4 Å². The molecule has 0 bridgehead atoms. The predicted molar refractivity (Wildman–Crippen MR) is 115 cm³/mol. The lowest BCUT2D eigenvalue weighted by Gasteiger charge is -2.31. The number of nitrogens with zero attached hydrogens (tertiary/aromatic N) is 1. The average molecular weight is 415 g/mol. The molecule has 2 aromatic carbocycles. The highest BCUT2D eigenvalue weighted by Crippen LogP contribution is 2.25. The largest absolute Gasteiger partial charge is 0.356 e. The third kappa shape index (κ3) is 5.90. The van der Waals surface area contributed by atoms with Gasteiger partial charge in [0.05, 0.1) is 4.90 Å². The number of carbonyl (C=O) groups is 1. The summed E-state index contributed by atoms with van der Waals surface area (Å²) in [7, 11) is -3.45. The number of sulfonamides is 1. The topological polar surface area (TPSA) is 66.5 Å². The highest BCUT2D eigenvalue weighted by molar-refractivity contribution is 7.89. The Balaban J connectivity index is 1.42. The molecule has 2 aromatic rings. The van der Waals surface area contributed by atoms with E-state index in [2.05, 4.69) is 36.5 Å². The minimum atomic E-state index is -3.45. The van der Waals surface area contributed by atoms with Crippen LogP contribution in [-0.2, 0) is 21.2 Å². The second kappa shape index (κ2) is 9.55. The molecule has 0 aliphatic carbocycles. The Bertz CT molecular complexity index is 914. The summed E-state index contributed by atoms with van der Waals surface area (Å²) in [5, 5.41) is 2.99. The van der Waals surface area contributed by atoms with Crippen LogP contribution < -0.4 is 5.32 Å². The molecular formula is C23H30N2O3S. The van der Waals surface area contributed by atoms with Gasteiger partial charge in [-0.05, 0) is 56.7 Å². The van der Waals surface area contributed by atoms with Gasteiger partial charge in [-0.1, -0.05) is 47.5 Å². The molecule has 0 spiro atoms. The molecule has 1 aliphatic heterocycles. The number of hydrogen-bond acceptors (Lipinski definition) is 3. The van der Waals surface area contributed by atoms with E-state index in [1.165, 1.54) is 11.1 Å². The molecule has 1 amide bonds. The van der Waals surface area contributed by atoms with Crippen LogP contribution in [0.4, 0.5) is 0 Å². The summed E-state index contributed by atoms with van der Waals surface area (Å²) in [6.07, 6.45) is 2.72. The Kier molecular flexibility index (Phi) is 7.09. The van der Waals surface area contributed by atoms with E-state index in [-0.39, 0.29) is 11.8 Å². The molecule has 0 radical (unpaired) electrons. The van der Waals surface area contributed by atoms with Crippen molar-refractivity contribution in [1.82, 2.24) is 9.62 Å². The smallest absolute Gasteiger partial charge is 0.243 e. The molecule has 1 saturated heterocycles. The monoisotopic (exact) mass is 414 g/mol. The molecule has 156 valence electrons. The number of benzene rings is 2. The molecule has 3 rings (SSSR count). The van der Waals surface area contributed by atoms with E-state index in [9.17, 15) is 13.2 Å². The van der Waals surface area contributed by atoms with Crippen LogP contribution in [-0.4, -0.2) is 38.3 Å². The highest BCUT2D eigenvalue weighted by Gasteiger charge is 2.30. The van der Waals surface area contributed by atoms with Crippen LogP contribution >= 0.6 is 0 Å². The van der Waals surface area contributed by atoms with Crippen molar-refractivity contribution in [2.75, 3.05) is 19.6 Å². The van der Waals surface area contributed by atoms with Crippen molar-refractivity contribution in [3.05, 3.63) is 65.2 Å². The summed E-state index contributed by atoms with van der Waals surface area (Å²) in [6, 6.07) is 15.3. The molecular weight excluding hydrogens is 384 g/mol. The third-order valence-corrected chi connectivity index (χ3v) is 7.48. The maximum atomic E-state index is 12.8. The fourth-order valence-electron chi connectivity index (χ4n) is 3.65. The SMILES string of the molecule is Cc1ccc(CCNC(=O)CC2CCN(S(=O)(=O)c3ccc(C)cc3)CC2)cc1. The van der Waals surface area contributed by atoms with Crippen molar-refractivity contribution >= 4 is 15.9 Å². The van der Waals surface area contributed by atoms with Gasteiger partial charge in [-0.25, -0.2) is 8.42 Å². The molecule has 5 nitrogen and oxygen atoms in total. The summed E-state index contributed by atoms with van der Waals surface area (Å²) in [6.45, 7) is 5.56. The second-order valence-electron chi connectivity index (χ2n) is 7.95. The van der Waals surface area contributed by atoms with E-state index in [4.69, 9.17) is 0 Å². The maximum Gasteiger partial charge on any atom is 0.243 e. The Morgan fingerprint density at radius 3 is 2.10 bits per heavy atom. The lowest BCUT2D eigenvalue weighted by molar-refractivity contribution is -0.122. The number of rotatable bonds is 7. The minimum Gasteiger partial charge on any atom is -0.356 e. The van der Waals surface area contributed by atoms with E-state index < -0.39 is 10.0 Å². The second-order valence-corrected chi connectivity index (χ2v) is 9.89. The van der Waals surface area contributed by atoms with Crippen molar-refractivity contribution in [2.45, 2.75) is 44.4 Å². The molecule has 1 N–H and O–H groups in total. The van der Waals surface area contributed by atoms with Crippen LogP contribution in [0.5, 0.6) is 0 Å². The van der Waals surface area contributed by atoms with E-state index in [0.717, 1.165) is 24.8 Å². The van der Waals surface area contributed by atoms with Crippen molar-refractivity contribution in [3.63, 3.8) is 0 Å². The van der Waals surface area contributed by atoms with Crippen molar-refractivity contribution in [1.29, 1.82) is 0 Å². The van der Waals surface area contributed by atoms with Gasteiger partial charge in [0, 0.05) is 26.1 Å². The number of amides is 1. The fraction of sp³-hybridized carbons (Fsp3) is 0.435. The molecule has 29 heavy (non-hydrogen) atoms. The van der Waals surface area contributed by atoms with Crippen LogP contribution in [0.25, 0.3) is 0 Å². The van der Waals surface area contributed by atoms with Gasteiger partial charge in [-0.2, -0.15) is 4.31 Å². The Morgan fingerprint density at radius 2 is 1.52 bits per heavy atom. The zero-order chi connectivity index (χ0) is 20.9. The highest BCUT2D eigenvalue weighted by atomic mass is 32.2. The fourth-order valence-corrected chi connectivity index (χ4v) is 5.12. The minimum absolute atomic E-state index is 0.0527. The van der Waals surface area contributed by atoms with E-state index in [1.807, 2.05) is 19.1 Å². The quantitative estimate of drug-likeness (QED) is 0.755. The molecule has 1 heterocycles. The van der Waals surface area contributed by atoms with Gasteiger partial charge < -0.3 is 5.32 Å². The Hall–Kier alpha value is -2.18. The number of carbonyl (C=O) groups excluding carboxylic acids is 1. The molecule has 0 aromatic heterocycles. The summed E-state index contributed by atoms with van der Waals surface area (Å²) < 4.78 is 27.1. The van der Waals surface area contributed by atoms with Gasteiger partial charge >= 0.3 is 0 Å². The number of hydrogen-bond donors (Lipinski definition) is 1. The van der Waals surface area contributed by atoms with Gasteiger partial charge in [0.15, 0.2) is 0 Å². The van der Waals surface area contributed by atoms with E-state index in [1.54, 1.807) is 16.4 Å². The molecule has 0 atom stereocenters. The van der Waals surface area contributed by atoms with Gasteiger partial charge in [-0.15, -0.1) is 0 Å². The zero-order valence-electron chi connectivity index (χ0n) is 17.2. The number of piperidine rings is 1. The standard InChI is InChI=1S/C23H30N2O3S/c1-18-3-7-20(8-4-18)11-14-24-23(26)17-21-12-15-25(16-13-21)29(27,28)22-9-5-19(2)6-10-22/h3-10,21H,11-17H2,1-2H3,(H,24,26). The Labute approximate surface area is 174 Å². The van der Waals surface area contributed by atoms with E-state index >= 15 is 0 Å². The van der Waals surface area contributed by atoms with Crippen LogP contribution in [0.1, 0.15) is 36.0 Å². The molecule has 1 fully saturated rings. The maximum absolute atomic E-state index is 12.8. The molecule has 6 heteroatoms. The first-order valence-electron chi connectivity index (χ1n) is 10.2. The normalized spacial score (nSPS) is 15.9. The summed E-state index contributed by atoms with van der Waals surface area (Å²) in [4.78, 5) is 12.6. The third-order valence-electron chi connectivity index (χ3n) is 5.56. The molecule has 0 unspecified atom stereocenters. The first kappa shape index (κ1) is 21.5. The van der Waals surface area contributed by atoms with E-state index in [0.29, 0.717) is 31.0 Å². The van der Waals surface area contributed by atoms with Crippen LogP contribution in [0.2, 0.25) is 0 Å². The van der Waals surface area contributed by atoms with Gasteiger partial charge in [0.25, 0.3) is 0 Å². The molecule has 1 aliphatic rings. The number of nitrogens with one attached hydrogen (secondary N) is 1. The van der Waals surface area contributed by atoms with Gasteiger partial charge in [0.2, 0.25) is 15.9 Å². The van der Waals surface area contributed by atoms with Crippen LogP contribution in [0, 0.1) is 19.8 Å². The van der Waals surface area contributed by atoms with Gasteiger partial charge in [0.1, 0.15) is 0 Å². The summed E-state index contributed by atoms with van der Waals surface area (Å²) in [5.41, 5.74) is 3.48. The first-order chi connectivity index (χ1) is 13.8. The van der Waals surface area contributed by atoms with Crippen molar-refractivity contribution in [3.8, 4) is 0 Å². The predicted octanol–water partition coefficient (Wildman–Crippen LogP) is 3.45. The zero-order valence-corrected chi connectivity index (χ0v) is 18.0. The average Bonchev–Trinajstić information content (AvgIpc) is 2.70.